The van der Waals surface area contributed by atoms with Crippen LogP contribution >= 0.6 is 23.2 Å². The van der Waals surface area contributed by atoms with E-state index in [1.54, 1.807) is 45.9 Å². The van der Waals surface area contributed by atoms with Crippen molar-refractivity contribution in [2.24, 2.45) is 0 Å². The molecule has 0 saturated heterocycles. The van der Waals surface area contributed by atoms with Crippen LogP contribution in [0, 0.1) is 24.0 Å². The van der Waals surface area contributed by atoms with Crippen molar-refractivity contribution in [2.45, 2.75) is 27.7 Å². The standard InChI is InChI=1S/C10H10ClNO5.C10H11ClO3/c1-3-16-10(13)17-9-5-8(12(14)15)7(11)4-6(9)2;1-3-13-10(12)14-9-5-4-8(11)6-7(9)2/h4-5H,3H2,1-2H3;4-6H,3H2,1-2H3. The number of benzene rings is 2. The lowest BCUT2D eigenvalue weighted by Crippen LogP contribution is -2.11. The summed E-state index contributed by atoms with van der Waals surface area (Å²) < 4.78 is 18.9. The van der Waals surface area contributed by atoms with Crippen molar-refractivity contribution >= 4 is 41.2 Å². The molecule has 2 aromatic carbocycles. The molecular formula is C20H21Cl2NO8. The number of nitro benzene ring substituents is 1. The summed E-state index contributed by atoms with van der Waals surface area (Å²) in [6, 6.07) is 7.46. The normalized spacial score (nSPS) is 9.74. The lowest BCUT2D eigenvalue weighted by molar-refractivity contribution is -0.384. The number of hydrogen-bond donors (Lipinski definition) is 0. The average molecular weight is 474 g/mol. The molecular weight excluding hydrogens is 453 g/mol. The van der Waals surface area contributed by atoms with E-state index in [2.05, 4.69) is 9.47 Å². The summed E-state index contributed by atoms with van der Waals surface area (Å²) in [5.74, 6) is 0.521. The molecule has 11 heteroatoms. The summed E-state index contributed by atoms with van der Waals surface area (Å²) in [6.07, 6.45) is -1.61. The molecule has 2 aromatic rings. The van der Waals surface area contributed by atoms with Crippen molar-refractivity contribution in [3.63, 3.8) is 0 Å². The number of halogens is 2. The number of carbonyl (C=O) groups excluding carboxylic acids is 2. The van der Waals surface area contributed by atoms with E-state index in [1.807, 2.05) is 0 Å². The molecule has 0 bridgehead atoms. The maximum absolute atomic E-state index is 11.1. The fourth-order valence-corrected chi connectivity index (χ4v) is 2.61. The minimum absolute atomic E-state index is 0.0105. The van der Waals surface area contributed by atoms with Crippen LogP contribution in [0.4, 0.5) is 15.3 Å². The summed E-state index contributed by atoms with van der Waals surface area (Å²) in [4.78, 5) is 32.0. The van der Waals surface area contributed by atoms with Crippen LogP contribution in [0.5, 0.6) is 11.5 Å². The summed E-state index contributed by atoms with van der Waals surface area (Å²) >= 11 is 11.4. The summed E-state index contributed by atoms with van der Waals surface area (Å²) in [7, 11) is 0. The van der Waals surface area contributed by atoms with Gasteiger partial charge in [-0.2, -0.15) is 0 Å². The second-order valence-corrected chi connectivity index (χ2v) is 6.65. The smallest absolute Gasteiger partial charge is 0.434 e. The molecule has 0 saturated carbocycles. The Labute approximate surface area is 188 Å². The lowest BCUT2D eigenvalue weighted by atomic mass is 10.2. The third-order valence-corrected chi connectivity index (χ3v) is 4.03. The Hall–Kier alpha value is -3.04. The zero-order valence-electron chi connectivity index (χ0n) is 17.3. The number of ether oxygens (including phenoxy) is 4. The number of nitrogens with zero attached hydrogens (tertiary/aromatic N) is 1. The topological polar surface area (TPSA) is 114 Å². The number of rotatable bonds is 5. The second-order valence-electron chi connectivity index (χ2n) is 5.81. The van der Waals surface area contributed by atoms with Gasteiger partial charge in [-0.15, -0.1) is 0 Å². The van der Waals surface area contributed by atoms with Gasteiger partial charge < -0.3 is 18.9 Å². The highest BCUT2D eigenvalue weighted by Gasteiger charge is 2.18. The summed E-state index contributed by atoms with van der Waals surface area (Å²) in [6.45, 7) is 7.22. The van der Waals surface area contributed by atoms with Gasteiger partial charge >= 0.3 is 12.3 Å². The molecule has 0 aromatic heterocycles. The Morgan fingerprint density at radius 1 is 0.903 bits per heavy atom. The zero-order valence-corrected chi connectivity index (χ0v) is 18.8. The van der Waals surface area contributed by atoms with E-state index in [1.165, 1.54) is 6.07 Å². The third-order valence-electron chi connectivity index (χ3n) is 3.49. The van der Waals surface area contributed by atoms with E-state index in [0.717, 1.165) is 11.6 Å². The molecule has 31 heavy (non-hydrogen) atoms. The van der Waals surface area contributed by atoms with Crippen LogP contribution in [0.15, 0.2) is 30.3 Å². The molecule has 9 nitrogen and oxygen atoms in total. The first-order valence-electron chi connectivity index (χ1n) is 8.98. The minimum atomic E-state index is -0.910. The van der Waals surface area contributed by atoms with Crippen LogP contribution in [0.3, 0.4) is 0 Å². The van der Waals surface area contributed by atoms with Gasteiger partial charge in [-0.1, -0.05) is 23.2 Å². The number of nitro groups is 1. The molecule has 168 valence electrons. The van der Waals surface area contributed by atoms with E-state index in [-0.39, 0.29) is 23.1 Å². The van der Waals surface area contributed by atoms with Crippen LogP contribution in [0.1, 0.15) is 25.0 Å². The molecule has 0 N–H and O–H groups in total. The fraction of sp³-hybridized carbons (Fsp3) is 0.300. The van der Waals surface area contributed by atoms with Crippen LogP contribution in [-0.2, 0) is 9.47 Å². The molecule has 0 atom stereocenters. The van der Waals surface area contributed by atoms with Crippen LogP contribution in [-0.4, -0.2) is 30.4 Å². The van der Waals surface area contributed by atoms with Crippen molar-refractivity contribution in [3.05, 3.63) is 61.6 Å². The van der Waals surface area contributed by atoms with E-state index in [0.29, 0.717) is 22.9 Å². The van der Waals surface area contributed by atoms with Gasteiger partial charge in [-0.05, 0) is 63.1 Å². The van der Waals surface area contributed by atoms with Gasteiger partial charge in [0.1, 0.15) is 16.5 Å². The van der Waals surface area contributed by atoms with Gasteiger partial charge in [-0.3, -0.25) is 10.1 Å². The fourth-order valence-electron chi connectivity index (χ4n) is 2.09. The highest BCUT2D eigenvalue weighted by Crippen LogP contribution is 2.32. The van der Waals surface area contributed by atoms with Crippen molar-refractivity contribution in [2.75, 3.05) is 13.2 Å². The predicted octanol–water partition coefficient (Wildman–Crippen LogP) is 6.28. The van der Waals surface area contributed by atoms with E-state index >= 15 is 0 Å². The highest BCUT2D eigenvalue weighted by molar-refractivity contribution is 6.32. The van der Waals surface area contributed by atoms with Crippen molar-refractivity contribution in [1.82, 2.24) is 0 Å². The van der Waals surface area contributed by atoms with Gasteiger partial charge in [-0.25, -0.2) is 9.59 Å². The maximum Gasteiger partial charge on any atom is 0.513 e. The van der Waals surface area contributed by atoms with Gasteiger partial charge in [0.2, 0.25) is 0 Å². The summed E-state index contributed by atoms with van der Waals surface area (Å²) in [5, 5.41) is 11.2. The van der Waals surface area contributed by atoms with Crippen molar-refractivity contribution in [1.29, 1.82) is 0 Å². The molecule has 2 rings (SSSR count). The zero-order chi connectivity index (χ0) is 23.6. The molecule has 0 heterocycles. The summed E-state index contributed by atoms with van der Waals surface area (Å²) in [5.41, 5.74) is 0.982. The molecule has 0 aliphatic carbocycles. The van der Waals surface area contributed by atoms with Gasteiger partial charge in [0.25, 0.3) is 5.69 Å². The first-order chi connectivity index (χ1) is 14.6. The predicted molar refractivity (Wildman–Crippen MR) is 114 cm³/mol. The SMILES string of the molecule is CCOC(=O)Oc1cc([N+](=O)[O-])c(Cl)cc1C.CCOC(=O)Oc1ccc(Cl)cc1C. The van der Waals surface area contributed by atoms with Gasteiger partial charge in [0.15, 0.2) is 0 Å². The minimum Gasteiger partial charge on any atom is -0.434 e. The van der Waals surface area contributed by atoms with Crippen LogP contribution in [0.2, 0.25) is 10.0 Å². The maximum atomic E-state index is 11.1. The molecule has 0 aliphatic rings. The number of hydrogen-bond acceptors (Lipinski definition) is 8. The monoisotopic (exact) mass is 473 g/mol. The molecule has 0 aliphatic heterocycles. The van der Waals surface area contributed by atoms with E-state index in [9.17, 15) is 19.7 Å². The second kappa shape index (κ2) is 12.6. The molecule has 0 radical (unpaired) electrons. The quantitative estimate of drug-likeness (QED) is 0.215. The number of aryl methyl sites for hydroxylation is 2. The van der Waals surface area contributed by atoms with Crippen molar-refractivity contribution in [3.8, 4) is 11.5 Å². The Kier molecular flexibility index (Phi) is 10.6. The Morgan fingerprint density at radius 3 is 1.90 bits per heavy atom. The van der Waals surface area contributed by atoms with Crippen LogP contribution in [0.25, 0.3) is 0 Å². The van der Waals surface area contributed by atoms with E-state index in [4.69, 9.17) is 32.7 Å². The van der Waals surface area contributed by atoms with Crippen LogP contribution < -0.4 is 9.47 Å². The molecule has 0 amide bonds. The third kappa shape index (κ3) is 8.69. The highest BCUT2D eigenvalue weighted by atomic mass is 35.5. The Bertz CT molecular complexity index is 949. The molecule has 0 fully saturated rings. The Balaban J connectivity index is 0.000000316. The van der Waals surface area contributed by atoms with Gasteiger partial charge in [0.05, 0.1) is 24.2 Å². The largest absolute Gasteiger partial charge is 0.513 e. The lowest BCUT2D eigenvalue weighted by Gasteiger charge is -2.07. The average Bonchev–Trinajstić information content (AvgIpc) is 2.67. The Morgan fingerprint density at radius 2 is 1.42 bits per heavy atom. The van der Waals surface area contributed by atoms with Gasteiger partial charge in [0, 0.05) is 5.02 Å². The number of carbonyl (C=O) groups is 2. The molecule has 0 spiro atoms. The molecule has 0 unspecified atom stereocenters. The first-order valence-corrected chi connectivity index (χ1v) is 9.74. The van der Waals surface area contributed by atoms with E-state index < -0.39 is 17.2 Å². The van der Waals surface area contributed by atoms with Crippen molar-refractivity contribution < 1.29 is 33.5 Å². The first kappa shape index (κ1) is 26.0.